The van der Waals surface area contributed by atoms with Gasteiger partial charge in [0, 0.05) is 18.6 Å². The second-order valence-electron chi connectivity index (χ2n) is 8.20. The van der Waals surface area contributed by atoms with Gasteiger partial charge in [-0.1, -0.05) is 20.3 Å². The summed E-state index contributed by atoms with van der Waals surface area (Å²) in [6.45, 7) is 7.45. The van der Waals surface area contributed by atoms with E-state index < -0.39 is 0 Å². The maximum Gasteiger partial charge on any atom is 0.0226 e. The van der Waals surface area contributed by atoms with Crippen molar-refractivity contribution in [2.75, 3.05) is 20.1 Å². The Morgan fingerprint density at radius 1 is 1.11 bits per heavy atom. The fourth-order valence-electron chi connectivity index (χ4n) is 4.79. The summed E-state index contributed by atoms with van der Waals surface area (Å²) in [5, 5.41) is 3.80. The zero-order valence-electron chi connectivity index (χ0n) is 13.1. The second-order valence-corrected chi connectivity index (χ2v) is 8.20. The molecule has 0 bridgehead atoms. The van der Waals surface area contributed by atoms with E-state index in [-0.39, 0.29) is 0 Å². The Bertz CT molecular complexity index is 302. The van der Waals surface area contributed by atoms with Crippen molar-refractivity contribution in [1.29, 1.82) is 0 Å². The average molecular weight is 264 g/mol. The van der Waals surface area contributed by atoms with Gasteiger partial charge in [0.2, 0.25) is 0 Å². The van der Waals surface area contributed by atoms with Crippen LogP contribution in [0.5, 0.6) is 0 Å². The summed E-state index contributed by atoms with van der Waals surface area (Å²) in [6, 6.07) is 1.63. The third kappa shape index (κ3) is 3.00. The molecule has 3 fully saturated rings. The van der Waals surface area contributed by atoms with Crippen molar-refractivity contribution in [3.63, 3.8) is 0 Å². The summed E-state index contributed by atoms with van der Waals surface area (Å²) in [6.07, 6.45) is 10.1. The minimum atomic E-state index is 0.597. The zero-order chi connectivity index (χ0) is 13.5. The van der Waals surface area contributed by atoms with Crippen LogP contribution in [0.15, 0.2) is 0 Å². The zero-order valence-corrected chi connectivity index (χ0v) is 13.1. The minimum absolute atomic E-state index is 0.597. The lowest BCUT2D eigenvalue weighted by Crippen LogP contribution is -2.45. The van der Waals surface area contributed by atoms with Gasteiger partial charge >= 0.3 is 0 Å². The van der Waals surface area contributed by atoms with E-state index in [0.717, 1.165) is 23.9 Å². The van der Waals surface area contributed by atoms with Crippen molar-refractivity contribution in [2.45, 2.75) is 70.9 Å². The van der Waals surface area contributed by atoms with Crippen LogP contribution in [0.2, 0.25) is 0 Å². The van der Waals surface area contributed by atoms with Crippen molar-refractivity contribution in [1.82, 2.24) is 10.2 Å². The molecule has 1 heterocycles. The molecule has 3 unspecified atom stereocenters. The highest BCUT2D eigenvalue weighted by Crippen LogP contribution is 2.39. The quantitative estimate of drug-likeness (QED) is 0.841. The SMILES string of the molecule is CN(CC1NCC2CCCC21)C1CCC(C)(C)CC1. The summed E-state index contributed by atoms with van der Waals surface area (Å²) in [5.74, 6) is 1.99. The van der Waals surface area contributed by atoms with E-state index in [1.54, 1.807) is 0 Å². The molecule has 1 saturated heterocycles. The lowest BCUT2D eigenvalue weighted by molar-refractivity contribution is 0.116. The number of hydrogen-bond acceptors (Lipinski definition) is 2. The predicted octanol–water partition coefficient (Wildman–Crippen LogP) is 3.28. The summed E-state index contributed by atoms with van der Waals surface area (Å²) in [4.78, 5) is 2.67. The molecule has 3 atom stereocenters. The van der Waals surface area contributed by atoms with Crippen molar-refractivity contribution in [3.05, 3.63) is 0 Å². The highest BCUT2D eigenvalue weighted by atomic mass is 15.2. The van der Waals surface area contributed by atoms with Gasteiger partial charge < -0.3 is 10.2 Å². The molecule has 2 heteroatoms. The van der Waals surface area contributed by atoms with Gasteiger partial charge in [-0.25, -0.2) is 0 Å². The summed E-state index contributed by atoms with van der Waals surface area (Å²) in [5.41, 5.74) is 0.597. The first-order valence-electron chi connectivity index (χ1n) is 8.49. The van der Waals surface area contributed by atoms with Crippen LogP contribution >= 0.6 is 0 Å². The minimum Gasteiger partial charge on any atom is -0.312 e. The molecule has 0 radical (unpaired) electrons. The molecule has 0 aromatic heterocycles. The number of fused-ring (bicyclic) bond motifs is 1. The molecule has 3 aliphatic rings. The normalized spacial score (nSPS) is 38.8. The molecule has 3 rings (SSSR count). The Morgan fingerprint density at radius 2 is 1.84 bits per heavy atom. The molecule has 2 aliphatic carbocycles. The number of nitrogens with zero attached hydrogens (tertiary/aromatic N) is 1. The monoisotopic (exact) mass is 264 g/mol. The van der Waals surface area contributed by atoms with E-state index in [9.17, 15) is 0 Å². The van der Waals surface area contributed by atoms with Gasteiger partial charge in [0.1, 0.15) is 0 Å². The first kappa shape index (κ1) is 13.9. The molecule has 2 nitrogen and oxygen atoms in total. The van der Waals surface area contributed by atoms with E-state index in [1.165, 1.54) is 58.0 Å². The molecule has 0 aromatic rings. The molecule has 2 saturated carbocycles. The number of nitrogens with one attached hydrogen (secondary N) is 1. The van der Waals surface area contributed by atoms with Gasteiger partial charge in [0.05, 0.1) is 0 Å². The maximum atomic E-state index is 3.80. The van der Waals surface area contributed by atoms with Crippen LogP contribution < -0.4 is 5.32 Å². The van der Waals surface area contributed by atoms with E-state index in [1.807, 2.05) is 0 Å². The van der Waals surface area contributed by atoms with Crippen molar-refractivity contribution in [3.8, 4) is 0 Å². The molecule has 110 valence electrons. The predicted molar refractivity (Wildman–Crippen MR) is 81.3 cm³/mol. The van der Waals surface area contributed by atoms with Gasteiger partial charge in [-0.15, -0.1) is 0 Å². The standard InChI is InChI=1S/C17H32N2/c1-17(2)9-7-14(8-10-17)19(3)12-16-15-6-4-5-13(15)11-18-16/h13-16,18H,4-12H2,1-3H3. The van der Waals surface area contributed by atoms with E-state index in [2.05, 4.69) is 31.1 Å². The number of rotatable bonds is 3. The first-order valence-corrected chi connectivity index (χ1v) is 8.49. The van der Waals surface area contributed by atoms with Crippen molar-refractivity contribution >= 4 is 0 Å². The van der Waals surface area contributed by atoms with E-state index in [4.69, 9.17) is 0 Å². The Morgan fingerprint density at radius 3 is 2.58 bits per heavy atom. The molecular formula is C17H32N2. The molecule has 19 heavy (non-hydrogen) atoms. The van der Waals surface area contributed by atoms with Crippen LogP contribution in [0.25, 0.3) is 0 Å². The fraction of sp³-hybridized carbons (Fsp3) is 1.00. The summed E-state index contributed by atoms with van der Waals surface area (Å²) in [7, 11) is 2.37. The van der Waals surface area contributed by atoms with E-state index in [0.29, 0.717) is 5.41 Å². The van der Waals surface area contributed by atoms with Crippen LogP contribution in [0.4, 0.5) is 0 Å². The van der Waals surface area contributed by atoms with Crippen LogP contribution in [-0.2, 0) is 0 Å². The first-order chi connectivity index (χ1) is 9.05. The van der Waals surface area contributed by atoms with Gasteiger partial charge in [0.25, 0.3) is 0 Å². The van der Waals surface area contributed by atoms with Crippen LogP contribution in [0, 0.1) is 17.3 Å². The third-order valence-electron chi connectivity index (χ3n) is 6.29. The Hall–Kier alpha value is -0.0800. The molecule has 1 aliphatic heterocycles. The van der Waals surface area contributed by atoms with Crippen LogP contribution in [-0.4, -0.2) is 37.1 Å². The molecule has 1 N–H and O–H groups in total. The number of hydrogen-bond donors (Lipinski definition) is 1. The Balaban J connectivity index is 1.50. The molecular weight excluding hydrogens is 232 g/mol. The fourth-order valence-corrected chi connectivity index (χ4v) is 4.79. The molecule has 0 spiro atoms. The smallest absolute Gasteiger partial charge is 0.0226 e. The van der Waals surface area contributed by atoms with Crippen LogP contribution in [0.1, 0.15) is 58.8 Å². The highest BCUT2D eigenvalue weighted by molar-refractivity contribution is 4.96. The van der Waals surface area contributed by atoms with Gasteiger partial charge in [-0.05, 0) is 69.4 Å². The second kappa shape index (κ2) is 5.37. The lowest BCUT2D eigenvalue weighted by atomic mass is 9.75. The molecule has 0 amide bonds. The average Bonchev–Trinajstić information content (AvgIpc) is 2.94. The summed E-state index contributed by atoms with van der Waals surface area (Å²) >= 11 is 0. The van der Waals surface area contributed by atoms with E-state index >= 15 is 0 Å². The van der Waals surface area contributed by atoms with Crippen molar-refractivity contribution in [2.24, 2.45) is 17.3 Å². The van der Waals surface area contributed by atoms with Gasteiger partial charge in [-0.2, -0.15) is 0 Å². The highest BCUT2D eigenvalue weighted by Gasteiger charge is 2.40. The van der Waals surface area contributed by atoms with Crippen molar-refractivity contribution < 1.29 is 0 Å². The largest absolute Gasteiger partial charge is 0.312 e. The van der Waals surface area contributed by atoms with Gasteiger partial charge in [-0.3, -0.25) is 0 Å². The number of likely N-dealkylation sites (N-methyl/N-ethyl adjacent to an activating group) is 1. The van der Waals surface area contributed by atoms with Crippen LogP contribution in [0.3, 0.4) is 0 Å². The third-order valence-corrected chi connectivity index (χ3v) is 6.29. The summed E-state index contributed by atoms with van der Waals surface area (Å²) < 4.78 is 0. The Kier molecular flexibility index (Phi) is 3.92. The lowest BCUT2D eigenvalue weighted by Gasteiger charge is -2.40. The molecule has 0 aromatic carbocycles. The topological polar surface area (TPSA) is 15.3 Å². The van der Waals surface area contributed by atoms with Gasteiger partial charge in [0.15, 0.2) is 0 Å². The maximum absolute atomic E-state index is 3.80. The Labute approximate surface area is 119 Å².